The predicted molar refractivity (Wildman–Crippen MR) is 146 cm³/mol. The van der Waals surface area contributed by atoms with Crippen molar-refractivity contribution in [3.63, 3.8) is 0 Å². The normalized spacial score (nSPS) is 17.8. The topological polar surface area (TPSA) is 72.8 Å². The minimum Gasteiger partial charge on any atom is -0.530 e. The van der Waals surface area contributed by atoms with Crippen molar-refractivity contribution in [1.82, 2.24) is 4.90 Å². The first kappa shape index (κ1) is 25.7. The Bertz CT molecular complexity index is 1210. The smallest absolute Gasteiger partial charge is 0.143 e. The number of aliphatic hydroxyl groups excluding tert-OH is 1. The van der Waals surface area contributed by atoms with Gasteiger partial charge in [0.05, 0.1) is 12.7 Å². The number of carbonyl (C=O) groups excluding carboxylic acids is 1. The van der Waals surface area contributed by atoms with Crippen LogP contribution < -0.4 is 5.11 Å². The summed E-state index contributed by atoms with van der Waals surface area (Å²) in [5.74, 6) is -0.0854. The molecule has 0 aliphatic carbocycles. The summed E-state index contributed by atoms with van der Waals surface area (Å²) in [4.78, 5) is 12.3. The number of rotatable bonds is 8. The van der Waals surface area contributed by atoms with Crippen LogP contribution in [0.3, 0.4) is 0 Å². The van der Waals surface area contributed by atoms with Gasteiger partial charge in [-0.2, -0.15) is 0 Å². The molecule has 0 bridgehead atoms. The second kappa shape index (κ2) is 11.6. The molecule has 4 aromatic rings. The zero-order chi connectivity index (χ0) is 26.4. The van der Waals surface area contributed by atoms with Gasteiger partial charge >= 0.3 is 0 Å². The SMILES string of the molecule is O=C([O-])N1CCC(c2ccc(CCOC(c3ccccc3)(c3ccccc3)c3ccccc3)cc2)C(O)C1. The lowest BCUT2D eigenvalue weighted by molar-refractivity contribution is -0.268. The average molecular weight is 507 g/mol. The van der Waals surface area contributed by atoms with Gasteiger partial charge in [0.25, 0.3) is 0 Å². The summed E-state index contributed by atoms with van der Waals surface area (Å²) in [6.07, 6.45) is -0.666. The number of carbonyl (C=O) groups is 1. The number of hydrogen-bond donors (Lipinski definition) is 1. The Morgan fingerprint density at radius 2 is 1.32 bits per heavy atom. The van der Waals surface area contributed by atoms with Gasteiger partial charge in [0.2, 0.25) is 0 Å². The molecule has 1 aliphatic rings. The second-order valence-corrected chi connectivity index (χ2v) is 9.79. The first-order chi connectivity index (χ1) is 18.6. The number of hydrogen-bond acceptors (Lipinski definition) is 4. The Hall–Kier alpha value is -3.93. The first-order valence-corrected chi connectivity index (χ1v) is 13.1. The quantitative estimate of drug-likeness (QED) is 0.351. The van der Waals surface area contributed by atoms with Crippen molar-refractivity contribution >= 4 is 6.09 Å². The van der Waals surface area contributed by atoms with Crippen LogP contribution in [0.25, 0.3) is 0 Å². The third-order valence-electron chi connectivity index (χ3n) is 7.50. The van der Waals surface area contributed by atoms with E-state index in [-0.39, 0.29) is 12.5 Å². The molecule has 0 saturated carbocycles. The molecule has 0 spiro atoms. The molecule has 0 radical (unpaired) electrons. The second-order valence-electron chi connectivity index (χ2n) is 9.79. The van der Waals surface area contributed by atoms with Crippen molar-refractivity contribution in [2.24, 2.45) is 0 Å². The van der Waals surface area contributed by atoms with E-state index in [4.69, 9.17) is 4.74 Å². The summed E-state index contributed by atoms with van der Waals surface area (Å²) in [5, 5.41) is 21.6. The number of piperidine rings is 1. The van der Waals surface area contributed by atoms with E-state index in [1.54, 1.807) is 0 Å². The molecule has 5 heteroatoms. The Balaban J connectivity index is 1.36. The van der Waals surface area contributed by atoms with Crippen LogP contribution >= 0.6 is 0 Å². The van der Waals surface area contributed by atoms with E-state index < -0.39 is 17.8 Å². The number of likely N-dealkylation sites (tertiary alicyclic amines) is 1. The minimum absolute atomic E-state index is 0.0854. The summed E-state index contributed by atoms with van der Waals surface area (Å²) in [7, 11) is 0. The maximum absolute atomic E-state index is 11.1. The summed E-state index contributed by atoms with van der Waals surface area (Å²) < 4.78 is 6.88. The number of nitrogens with zero attached hydrogens (tertiary/aromatic N) is 1. The van der Waals surface area contributed by atoms with E-state index in [1.165, 1.54) is 4.90 Å². The van der Waals surface area contributed by atoms with Gasteiger partial charge in [0.15, 0.2) is 0 Å². The van der Waals surface area contributed by atoms with Gasteiger partial charge in [-0.3, -0.25) is 0 Å². The lowest BCUT2D eigenvalue weighted by Crippen LogP contribution is -2.50. The molecule has 1 fully saturated rings. The van der Waals surface area contributed by atoms with Crippen LogP contribution in [0.2, 0.25) is 0 Å². The maximum Gasteiger partial charge on any atom is 0.143 e. The average Bonchev–Trinajstić information content (AvgIpc) is 2.97. The Labute approximate surface area is 224 Å². The van der Waals surface area contributed by atoms with Gasteiger partial charge in [-0.25, -0.2) is 0 Å². The fourth-order valence-corrected chi connectivity index (χ4v) is 5.51. The third kappa shape index (κ3) is 5.35. The standard InChI is InChI=1S/C33H33NO4/c35-31-24-34(32(36)37)22-20-30(31)26-18-16-25(17-19-26)21-23-38-33(27-10-4-1-5-11-27,28-12-6-2-7-13-28)29-14-8-3-9-15-29/h1-19,30-31,35H,20-24H2,(H,36,37)/p-1. The fraction of sp³-hybridized carbons (Fsp3) is 0.242. The van der Waals surface area contributed by atoms with Crippen LogP contribution in [0.4, 0.5) is 4.79 Å². The molecule has 1 aliphatic heterocycles. The van der Waals surface area contributed by atoms with E-state index in [1.807, 2.05) is 66.7 Å². The van der Waals surface area contributed by atoms with Gasteiger partial charge in [-0.15, -0.1) is 0 Å². The molecule has 5 rings (SSSR count). The highest BCUT2D eigenvalue weighted by Crippen LogP contribution is 2.40. The van der Waals surface area contributed by atoms with Crippen molar-refractivity contribution in [3.05, 3.63) is 143 Å². The maximum atomic E-state index is 11.1. The van der Waals surface area contributed by atoms with Crippen molar-refractivity contribution in [1.29, 1.82) is 0 Å². The van der Waals surface area contributed by atoms with E-state index in [0.717, 1.165) is 34.2 Å². The Morgan fingerprint density at radius 3 is 1.76 bits per heavy atom. The highest BCUT2D eigenvalue weighted by atomic mass is 16.5. The highest BCUT2D eigenvalue weighted by Gasteiger charge is 2.37. The fourth-order valence-electron chi connectivity index (χ4n) is 5.51. The van der Waals surface area contributed by atoms with Gasteiger partial charge < -0.3 is 24.6 Å². The van der Waals surface area contributed by atoms with Crippen LogP contribution in [0.15, 0.2) is 115 Å². The van der Waals surface area contributed by atoms with E-state index in [0.29, 0.717) is 19.6 Å². The highest BCUT2D eigenvalue weighted by molar-refractivity contribution is 5.62. The number of amides is 1. The molecule has 0 aromatic heterocycles. The molecule has 194 valence electrons. The van der Waals surface area contributed by atoms with Crippen LogP contribution in [0.1, 0.15) is 40.2 Å². The third-order valence-corrected chi connectivity index (χ3v) is 7.50. The number of benzene rings is 4. The first-order valence-electron chi connectivity index (χ1n) is 13.1. The lowest BCUT2D eigenvalue weighted by atomic mass is 9.80. The summed E-state index contributed by atoms with van der Waals surface area (Å²) in [6, 6.07) is 39.3. The van der Waals surface area contributed by atoms with Gasteiger partial charge in [0.1, 0.15) is 11.7 Å². The zero-order valence-electron chi connectivity index (χ0n) is 21.3. The summed E-state index contributed by atoms with van der Waals surface area (Å²) in [5.41, 5.74) is 4.63. The molecule has 1 saturated heterocycles. The van der Waals surface area contributed by atoms with Crippen molar-refractivity contribution in [2.45, 2.75) is 30.5 Å². The molecule has 5 nitrogen and oxygen atoms in total. The van der Waals surface area contributed by atoms with Crippen LogP contribution in [0.5, 0.6) is 0 Å². The summed E-state index contributed by atoms with van der Waals surface area (Å²) in [6.45, 7) is 0.966. The van der Waals surface area contributed by atoms with E-state index in [9.17, 15) is 15.0 Å². The predicted octanol–water partition coefficient (Wildman–Crippen LogP) is 4.73. The van der Waals surface area contributed by atoms with Crippen LogP contribution in [-0.4, -0.2) is 41.9 Å². The monoisotopic (exact) mass is 506 g/mol. The van der Waals surface area contributed by atoms with Crippen LogP contribution in [0, 0.1) is 0 Å². The number of carboxylic acid groups (broad SMARTS) is 1. The number of ether oxygens (including phenoxy) is 1. The van der Waals surface area contributed by atoms with Gasteiger partial charge in [-0.1, -0.05) is 115 Å². The van der Waals surface area contributed by atoms with Gasteiger partial charge in [-0.05, 0) is 40.7 Å². The minimum atomic E-state index is -1.23. The molecule has 1 heterocycles. The molecule has 2 atom stereocenters. The largest absolute Gasteiger partial charge is 0.530 e. The number of β-amino-alcohol motifs (C(OH)–C–C–N with tert-alkyl or cyclic N) is 1. The zero-order valence-corrected chi connectivity index (χ0v) is 21.3. The van der Waals surface area contributed by atoms with Crippen molar-refractivity contribution in [3.8, 4) is 0 Å². The number of aliphatic hydroxyl groups is 1. The van der Waals surface area contributed by atoms with Crippen molar-refractivity contribution < 1.29 is 19.7 Å². The van der Waals surface area contributed by atoms with Gasteiger partial charge in [0, 0.05) is 19.0 Å². The van der Waals surface area contributed by atoms with E-state index >= 15 is 0 Å². The summed E-state index contributed by atoms with van der Waals surface area (Å²) >= 11 is 0. The molecule has 2 unspecified atom stereocenters. The lowest BCUT2D eigenvalue weighted by Gasteiger charge is -2.37. The Morgan fingerprint density at radius 1 is 0.816 bits per heavy atom. The molecule has 38 heavy (non-hydrogen) atoms. The molecule has 4 aromatic carbocycles. The molecular formula is C33H32NO4-. The molecule has 1 N–H and O–H groups in total. The van der Waals surface area contributed by atoms with Crippen LogP contribution in [-0.2, 0) is 16.8 Å². The van der Waals surface area contributed by atoms with Crippen molar-refractivity contribution in [2.75, 3.05) is 19.7 Å². The Kier molecular flexibility index (Phi) is 7.87. The van der Waals surface area contributed by atoms with E-state index in [2.05, 4.69) is 48.5 Å². The molecule has 1 amide bonds. The molecular weight excluding hydrogens is 474 g/mol.